The van der Waals surface area contributed by atoms with Crippen LogP contribution in [0.4, 0.5) is 0 Å². The Morgan fingerprint density at radius 3 is 1.63 bits per heavy atom. The van der Waals surface area contributed by atoms with E-state index in [4.69, 9.17) is 0 Å². The van der Waals surface area contributed by atoms with Crippen LogP contribution in [0.3, 0.4) is 0 Å². The van der Waals surface area contributed by atoms with Crippen LogP contribution in [-0.2, 0) is 0 Å². The van der Waals surface area contributed by atoms with Gasteiger partial charge in [0.1, 0.15) is 0 Å². The van der Waals surface area contributed by atoms with Crippen LogP contribution < -0.4 is 15.9 Å². The first-order chi connectivity index (χ1) is 13.4. The summed E-state index contributed by atoms with van der Waals surface area (Å²) in [5.41, 5.74) is 2.60. The Hall–Kier alpha value is -2.34. The number of benzene rings is 4. The topological polar surface area (TPSA) is 0 Å². The molecule has 0 radical (unpaired) electrons. The molecule has 4 aromatic rings. The van der Waals surface area contributed by atoms with E-state index in [1.165, 1.54) is 31.9 Å². The second-order valence-corrected chi connectivity index (χ2v) is 9.32. The predicted octanol–water partition coefficient (Wildman–Crippen LogP) is 5.83. The molecular weight excluding hydrogens is 363 g/mol. The third-order valence-electron chi connectivity index (χ3n) is 4.56. The molecule has 0 saturated heterocycles. The molecular formula is C25H21PS. The van der Waals surface area contributed by atoms with Gasteiger partial charge in [0.05, 0.1) is 0 Å². The quantitative estimate of drug-likeness (QED) is 0.308. The molecule has 0 unspecified atom stereocenters. The van der Waals surface area contributed by atoms with Crippen molar-refractivity contribution in [3.63, 3.8) is 0 Å². The Bertz CT molecular complexity index is 959. The van der Waals surface area contributed by atoms with Crippen molar-refractivity contribution < 1.29 is 0 Å². The van der Waals surface area contributed by atoms with Crippen LogP contribution >= 0.6 is 19.7 Å². The van der Waals surface area contributed by atoms with Gasteiger partial charge in [0.15, 0.2) is 0 Å². The van der Waals surface area contributed by atoms with Crippen LogP contribution in [0.1, 0.15) is 0 Å². The first-order valence-electron chi connectivity index (χ1n) is 9.00. The third kappa shape index (κ3) is 4.00. The highest BCUT2D eigenvalue weighted by molar-refractivity contribution is 7.98. The van der Waals surface area contributed by atoms with Crippen molar-refractivity contribution in [3.8, 4) is 11.1 Å². The fourth-order valence-corrected chi connectivity index (χ4v) is 6.30. The summed E-state index contributed by atoms with van der Waals surface area (Å²) in [7, 11) is -0.626. The van der Waals surface area contributed by atoms with Gasteiger partial charge in [-0.25, -0.2) is 0 Å². The molecule has 4 aromatic carbocycles. The molecule has 132 valence electrons. The molecule has 0 aliphatic carbocycles. The first kappa shape index (κ1) is 18.0. The fourth-order valence-electron chi connectivity index (χ4n) is 3.27. The lowest BCUT2D eigenvalue weighted by molar-refractivity contribution is 1.49. The Morgan fingerprint density at radius 2 is 1.11 bits per heavy atom. The number of thioether (sulfide) groups is 1. The van der Waals surface area contributed by atoms with E-state index in [1.807, 2.05) is 0 Å². The molecule has 0 nitrogen and oxygen atoms in total. The molecule has 0 spiro atoms. The smallest absolute Gasteiger partial charge is 0.00761 e. The SMILES string of the molecule is CSc1ccc(-c2ccccc2)c(P(c2ccccc2)c2ccccc2)c1. The minimum atomic E-state index is -0.626. The molecule has 0 bridgehead atoms. The largest absolute Gasteiger partial charge is 0.130 e. The average molecular weight is 384 g/mol. The number of hydrogen-bond donors (Lipinski definition) is 0. The van der Waals surface area contributed by atoms with E-state index in [0.29, 0.717) is 0 Å². The molecule has 0 N–H and O–H groups in total. The summed E-state index contributed by atoms with van der Waals surface area (Å²) in [5.74, 6) is 0. The van der Waals surface area contributed by atoms with Gasteiger partial charge in [-0.15, -0.1) is 11.8 Å². The lowest BCUT2D eigenvalue weighted by Crippen LogP contribution is -2.22. The highest BCUT2D eigenvalue weighted by Crippen LogP contribution is 2.38. The predicted molar refractivity (Wildman–Crippen MR) is 122 cm³/mol. The van der Waals surface area contributed by atoms with E-state index in [-0.39, 0.29) is 0 Å². The van der Waals surface area contributed by atoms with Gasteiger partial charge in [-0.1, -0.05) is 97.1 Å². The van der Waals surface area contributed by atoms with Gasteiger partial charge in [0.25, 0.3) is 0 Å². The van der Waals surface area contributed by atoms with Crippen LogP contribution in [0, 0.1) is 0 Å². The van der Waals surface area contributed by atoms with Crippen molar-refractivity contribution in [3.05, 3.63) is 109 Å². The van der Waals surface area contributed by atoms with Crippen LogP contribution in [-0.4, -0.2) is 6.26 Å². The maximum Gasteiger partial charge on any atom is 0.00761 e. The Morgan fingerprint density at radius 1 is 0.593 bits per heavy atom. The van der Waals surface area contributed by atoms with Gasteiger partial charge >= 0.3 is 0 Å². The van der Waals surface area contributed by atoms with Crippen LogP contribution in [0.25, 0.3) is 11.1 Å². The summed E-state index contributed by atoms with van der Waals surface area (Å²) in [6.45, 7) is 0. The molecule has 2 heteroatoms. The zero-order valence-corrected chi connectivity index (χ0v) is 17.0. The summed E-state index contributed by atoms with van der Waals surface area (Å²) in [4.78, 5) is 1.31. The summed E-state index contributed by atoms with van der Waals surface area (Å²) in [6, 6.07) is 39.5. The lowest BCUT2D eigenvalue weighted by Gasteiger charge is -2.23. The summed E-state index contributed by atoms with van der Waals surface area (Å²) in [6.07, 6.45) is 2.15. The molecule has 4 rings (SSSR count). The second-order valence-electron chi connectivity index (χ2n) is 6.26. The Labute approximate surface area is 167 Å². The highest BCUT2D eigenvalue weighted by atomic mass is 32.2. The minimum Gasteiger partial charge on any atom is -0.130 e. The standard InChI is InChI=1S/C25H21PS/c1-27-23-17-18-24(20-11-5-2-6-12-20)25(19-23)26(21-13-7-3-8-14-21)22-15-9-4-10-16-22/h2-19H,1H3. The maximum atomic E-state index is 2.39. The molecule has 0 saturated carbocycles. The van der Waals surface area contributed by atoms with Gasteiger partial charge in [-0.05, 0) is 53.4 Å². The van der Waals surface area contributed by atoms with Crippen molar-refractivity contribution in [1.29, 1.82) is 0 Å². The van der Waals surface area contributed by atoms with Gasteiger partial charge in [-0.2, -0.15) is 0 Å². The van der Waals surface area contributed by atoms with Crippen molar-refractivity contribution in [1.82, 2.24) is 0 Å². The zero-order chi connectivity index (χ0) is 18.5. The van der Waals surface area contributed by atoms with E-state index in [9.17, 15) is 0 Å². The molecule has 27 heavy (non-hydrogen) atoms. The molecule has 0 atom stereocenters. The normalized spacial score (nSPS) is 10.9. The van der Waals surface area contributed by atoms with Crippen molar-refractivity contribution in [2.45, 2.75) is 4.90 Å². The van der Waals surface area contributed by atoms with Crippen LogP contribution in [0.5, 0.6) is 0 Å². The van der Waals surface area contributed by atoms with E-state index < -0.39 is 7.92 Å². The Balaban J connectivity index is 1.97. The van der Waals surface area contributed by atoms with E-state index in [0.717, 1.165) is 0 Å². The fraction of sp³-hybridized carbons (Fsp3) is 0.0400. The lowest BCUT2D eigenvalue weighted by atomic mass is 10.1. The van der Waals surface area contributed by atoms with Crippen molar-refractivity contribution in [2.24, 2.45) is 0 Å². The van der Waals surface area contributed by atoms with Gasteiger partial charge in [0, 0.05) is 4.90 Å². The van der Waals surface area contributed by atoms with Crippen molar-refractivity contribution in [2.75, 3.05) is 6.26 Å². The summed E-state index contributed by atoms with van der Waals surface area (Å²) < 4.78 is 0. The molecule has 0 heterocycles. The first-order valence-corrected chi connectivity index (χ1v) is 11.6. The molecule has 0 aromatic heterocycles. The van der Waals surface area contributed by atoms with Crippen LogP contribution in [0.15, 0.2) is 114 Å². The average Bonchev–Trinajstić information content (AvgIpc) is 2.76. The molecule has 0 aliphatic rings. The number of hydrogen-bond acceptors (Lipinski definition) is 1. The third-order valence-corrected chi connectivity index (χ3v) is 7.77. The van der Waals surface area contributed by atoms with E-state index in [1.54, 1.807) is 11.8 Å². The summed E-state index contributed by atoms with van der Waals surface area (Å²) in [5, 5.41) is 4.18. The minimum absolute atomic E-state index is 0.626. The molecule has 0 amide bonds. The highest BCUT2D eigenvalue weighted by Gasteiger charge is 2.20. The monoisotopic (exact) mass is 384 g/mol. The van der Waals surface area contributed by atoms with Gasteiger partial charge in [0.2, 0.25) is 0 Å². The number of rotatable bonds is 5. The maximum absolute atomic E-state index is 2.39. The van der Waals surface area contributed by atoms with Crippen molar-refractivity contribution >= 4 is 35.6 Å². The van der Waals surface area contributed by atoms with E-state index >= 15 is 0 Å². The molecule has 0 aliphatic heterocycles. The Kier molecular flexibility index (Phi) is 5.72. The molecule has 0 fully saturated rings. The van der Waals surface area contributed by atoms with Gasteiger partial charge < -0.3 is 0 Å². The summed E-state index contributed by atoms with van der Waals surface area (Å²) >= 11 is 1.81. The van der Waals surface area contributed by atoms with Gasteiger partial charge in [-0.3, -0.25) is 0 Å². The van der Waals surface area contributed by atoms with Crippen LogP contribution in [0.2, 0.25) is 0 Å². The zero-order valence-electron chi connectivity index (χ0n) is 15.2. The second kappa shape index (κ2) is 8.57. The van der Waals surface area contributed by atoms with E-state index in [2.05, 4.69) is 115 Å².